The van der Waals surface area contributed by atoms with Crippen LogP contribution in [0.4, 0.5) is 0 Å². The highest BCUT2D eigenvalue weighted by Crippen LogP contribution is 2.29. The van der Waals surface area contributed by atoms with Crippen LogP contribution in [0.2, 0.25) is 0 Å². The van der Waals surface area contributed by atoms with Gasteiger partial charge in [0.2, 0.25) is 0 Å². The molecule has 2 nitrogen and oxygen atoms in total. The van der Waals surface area contributed by atoms with E-state index in [1.807, 2.05) is 6.92 Å². The summed E-state index contributed by atoms with van der Waals surface area (Å²) in [4.78, 5) is 0. The molecular weight excluding hydrogens is 186 g/mol. The molecule has 0 aliphatic heterocycles. The molecule has 0 amide bonds. The summed E-state index contributed by atoms with van der Waals surface area (Å²) in [6, 6.07) is 0.707. The van der Waals surface area contributed by atoms with Crippen LogP contribution in [0.3, 0.4) is 0 Å². The quantitative estimate of drug-likeness (QED) is 0.735. The first-order chi connectivity index (χ1) is 7.09. The summed E-state index contributed by atoms with van der Waals surface area (Å²) in [7, 11) is 0. The van der Waals surface area contributed by atoms with Crippen molar-refractivity contribution in [2.24, 2.45) is 11.8 Å². The lowest BCUT2D eigenvalue weighted by Gasteiger charge is -2.31. The van der Waals surface area contributed by atoms with Gasteiger partial charge in [0.25, 0.3) is 0 Å². The van der Waals surface area contributed by atoms with Crippen molar-refractivity contribution in [1.29, 1.82) is 0 Å². The fraction of sp³-hybridized carbons (Fsp3) is 1.00. The minimum Gasteiger partial charge on any atom is -0.393 e. The lowest BCUT2D eigenvalue weighted by molar-refractivity contribution is 0.177. The largest absolute Gasteiger partial charge is 0.393 e. The Hall–Kier alpha value is -0.0800. The van der Waals surface area contributed by atoms with E-state index in [1.54, 1.807) is 0 Å². The zero-order valence-corrected chi connectivity index (χ0v) is 10.5. The molecule has 1 fully saturated rings. The van der Waals surface area contributed by atoms with Crippen molar-refractivity contribution >= 4 is 0 Å². The number of hydrogen-bond acceptors (Lipinski definition) is 2. The normalized spacial score (nSPS) is 29.4. The Balaban J connectivity index is 2.09. The van der Waals surface area contributed by atoms with Gasteiger partial charge in [0, 0.05) is 6.04 Å². The summed E-state index contributed by atoms with van der Waals surface area (Å²) >= 11 is 0. The second-order valence-electron chi connectivity index (χ2n) is 5.45. The third-order valence-electron chi connectivity index (χ3n) is 3.71. The van der Waals surface area contributed by atoms with Gasteiger partial charge in [-0.3, -0.25) is 0 Å². The molecule has 15 heavy (non-hydrogen) atoms. The summed E-state index contributed by atoms with van der Waals surface area (Å²) in [6.45, 7) is 7.50. The Morgan fingerprint density at radius 3 is 2.20 bits per heavy atom. The zero-order chi connectivity index (χ0) is 11.3. The van der Waals surface area contributed by atoms with E-state index in [0.29, 0.717) is 6.04 Å². The SMILES string of the molecule is CC(O)CCNC1CCC(C(C)C)CC1. The molecule has 1 atom stereocenters. The maximum atomic E-state index is 9.16. The molecule has 0 radical (unpaired) electrons. The van der Waals surface area contributed by atoms with E-state index in [0.717, 1.165) is 24.8 Å². The molecule has 1 aliphatic rings. The summed E-state index contributed by atoms with van der Waals surface area (Å²) in [5.74, 6) is 1.79. The highest BCUT2D eigenvalue weighted by atomic mass is 16.3. The van der Waals surface area contributed by atoms with Crippen LogP contribution >= 0.6 is 0 Å². The number of rotatable bonds is 5. The smallest absolute Gasteiger partial charge is 0.0524 e. The van der Waals surface area contributed by atoms with Gasteiger partial charge in [-0.15, -0.1) is 0 Å². The van der Waals surface area contributed by atoms with Crippen LogP contribution in [-0.2, 0) is 0 Å². The van der Waals surface area contributed by atoms with Gasteiger partial charge in [-0.1, -0.05) is 13.8 Å². The van der Waals surface area contributed by atoms with Gasteiger partial charge in [0.05, 0.1) is 6.10 Å². The van der Waals surface area contributed by atoms with Crippen molar-refractivity contribution in [3.63, 3.8) is 0 Å². The number of nitrogens with one attached hydrogen (secondary N) is 1. The molecule has 0 aromatic heterocycles. The molecule has 2 heteroatoms. The number of hydrogen-bond donors (Lipinski definition) is 2. The second-order valence-corrected chi connectivity index (χ2v) is 5.45. The number of aliphatic hydroxyl groups excluding tert-OH is 1. The summed E-state index contributed by atoms with van der Waals surface area (Å²) in [5.41, 5.74) is 0. The van der Waals surface area contributed by atoms with Crippen molar-refractivity contribution < 1.29 is 5.11 Å². The summed E-state index contributed by atoms with van der Waals surface area (Å²) in [6.07, 6.45) is 6.12. The van der Waals surface area contributed by atoms with Crippen LogP contribution in [0.1, 0.15) is 52.9 Å². The Labute approximate surface area is 94.5 Å². The predicted octanol–water partition coefficient (Wildman–Crippen LogP) is 2.56. The summed E-state index contributed by atoms with van der Waals surface area (Å²) < 4.78 is 0. The molecule has 1 rings (SSSR count). The molecule has 0 aromatic rings. The molecular formula is C13H27NO. The van der Waals surface area contributed by atoms with Gasteiger partial charge >= 0.3 is 0 Å². The van der Waals surface area contributed by atoms with Crippen molar-refractivity contribution in [3.05, 3.63) is 0 Å². The first-order valence-electron chi connectivity index (χ1n) is 6.51. The van der Waals surface area contributed by atoms with Gasteiger partial charge in [-0.2, -0.15) is 0 Å². The van der Waals surface area contributed by atoms with E-state index in [4.69, 9.17) is 5.11 Å². The fourth-order valence-electron chi connectivity index (χ4n) is 2.49. The Bertz CT molecular complexity index is 157. The van der Waals surface area contributed by atoms with Gasteiger partial charge < -0.3 is 10.4 Å². The molecule has 1 unspecified atom stereocenters. The Morgan fingerprint density at radius 2 is 1.73 bits per heavy atom. The lowest BCUT2D eigenvalue weighted by atomic mass is 9.80. The first-order valence-corrected chi connectivity index (χ1v) is 6.51. The topological polar surface area (TPSA) is 32.3 Å². The fourth-order valence-corrected chi connectivity index (χ4v) is 2.49. The van der Waals surface area contributed by atoms with Crippen molar-refractivity contribution in [2.45, 2.75) is 65.0 Å². The predicted molar refractivity (Wildman–Crippen MR) is 64.9 cm³/mol. The second kappa shape index (κ2) is 6.49. The van der Waals surface area contributed by atoms with Crippen LogP contribution in [0.25, 0.3) is 0 Å². The van der Waals surface area contributed by atoms with Crippen LogP contribution in [0.5, 0.6) is 0 Å². The summed E-state index contributed by atoms with van der Waals surface area (Å²) in [5, 5.41) is 12.7. The van der Waals surface area contributed by atoms with E-state index in [9.17, 15) is 0 Å². The molecule has 1 aliphatic carbocycles. The van der Waals surface area contributed by atoms with Crippen LogP contribution in [0.15, 0.2) is 0 Å². The molecule has 0 saturated heterocycles. The molecule has 0 heterocycles. The number of aliphatic hydroxyl groups is 1. The highest BCUT2D eigenvalue weighted by Gasteiger charge is 2.22. The molecule has 0 bridgehead atoms. The van der Waals surface area contributed by atoms with Gasteiger partial charge in [0.15, 0.2) is 0 Å². The highest BCUT2D eigenvalue weighted by molar-refractivity contribution is 4.78. The molecule has 0 spiro atoms. The van der Waals surface area contributed by atoms with Crippen LogP contribution in [0, 0.1) is 11.8 Å². The first kappa shape index (κ1) is 13.0. The van der Waals surface area contributed by atoms with Gasteiger partial charge in [-0.05, 0) is 57.4 Å². The van der Waals surface area contributed by atoms with Crippen molar-refractivity contribution in [3.8, 4) is 0 Å². The molecule has 1 saturated carbocycles. The van der Waals surface area contributed by atoms with E-state index >= 15 is 0 Å². The maximum Gasteiger partial charge on any atom is 0.0524 e. The molecule has 2 N–H and O–H groups in total. The standard InChI is InChI=1S/C13H27NO/c1-10(2)12-4-6-13(7-5-12)14-9-8-11(3)15/h10-15H,4-9H2,1-3H3. The van der Waals surface area contributed by atoms with Crippen LogP contribution < -0.4 is 5.32 Å². The Morgan fingerprint density at radius 1 is 1.13 bits per heavy atom. The van der Waals surface area contributed by atoms with E-state index in [-0.39, 0.29) is 6.10 Å². The van der Waals surface area contributed by atoms with Gasteiger partial charge in [0.1, 0.15) is 0 Å². The third kappa shape index (κ3) is 4.98. The maximum absolute atomic E-state index is 9.16. The van der Waals surface area contributed by atoms with E-state index in [2.05, 4.69) is 19.2 Å². The van der Waals surface area contributed by atoms with Crippen LogP contribution in [-0.4, -0.2) is 23.8 Å². The Kier molecular flexibility index (Phi) is 5.62. The van der Waals surface area contributed by atoms with E-state index in [1.165, 1.54) is 25.7 Å². The minimum atomic E-state index is -0.162. The van der Waals surface area contributed by atoms with Gasteiger partial charge in [-0.25, -0.2) is 0 Å². The monoisotopic (exact) mass is 213 g/mol. The zero-order valence-electron chi connectivity index (χ0n) is 10.5. The minimum absolute atomic E-state index is 0.162. The average Bonchev–Trinajstić information content (AvgIpc) is 2.18. The average molecular weight is 213 g/mol. The molecule has 0 aromatic carbocycles. The van der Waals surface area contributed by atoms with Crippen molar-refractivity contribution in [2.75, 3.05) is 6.54 Å². The van der Waals surface area contributed by atoms with E-state index < -0.39 is 0 Å². The van der Waals surface area contributed by atoms with Crippen molar-refractivity contribution in [1.82, 2.24) is 5.32 Å². The molecule has 90 valence electrons. The lowest BCUT2D eigenvalue weighted by Crippen LogP contribution is -2.35. The third-order valence-corrected chi connectivity index (χ3v) is 3.71.